The number of aromatic nitrogens is 2. The molecule has 0 amide bonds. The quantitative estimate of drug-likeness (QED) is 0.245. The fourth-order valence-corrected chi connectivity index (χ4v) is 6.00. The zero-order valence-electron chi connectivity index (χ0n) is 22.8. The van der Waals surface area contributed by atoms with Crippen LogP contribution in [0.1, 0.15) is 36.7 Å². The van der Waals surface area contributed by atoms with E-state index in [0.29, 0.717) is 46.2 Å². The molecule has 204 valence electrons. The molecule has 40 heavy (non-hydrogen) atoms. The fraction of sp³-hybridized carbons (Fsp3) is 0.258. The molecule has 4 aromatic rings. The third-order valence-electron chi connectivity index (χ3n) is 6.81. The highest BCUT2D eigenvalue weighted by Crippen LogP contribution is 2.35. The van der Waals surface area contributed by atoms with Gasteiger partial charge in [0.1, 0.15) is 0 Å². The first-order chi connectivity index (χ1) is 19.4. The summed E-state index contributed by atoms with van der Waals surface area (Å²) in [6, 6.07) is 12.6. The zero-order valence-corrected chi connectivity index (χ0v) is 23.6. The molecule has 3 heterocycles. The van der Waals surface area contributed by atoms with Crippen molar-refractivity contribution < 1.29 is 19.0 Å². The van der Waals surface area contributed by atoms with Gasteiger partial charge >= 0.3 is 5.97 Å². The molecule has 2 aromatic heterocycles. The summed E-state index contributed by atoms with van der Waals surface area (Å²) in [6.45, 7) is 7.09. The van der Waals surface area contributed by atoms with Crippen molar-refractivity contribution >= 4 is 34.3 Å². The first-order valence-electron chi connectivity index (χ1n) is 12.9. The third-order valence-corrected chi connectivity index (χ3v) is 7.81. The van der Waals surface area contributed by atoms with Crippen LogP contribution in [0.2, 0.25) is 0 Å². The average Bonchev–Trinajstić information content (AvgIpc) is 3.42. The predicted molar refractivity (Wildman–Crippen MR) is 155 cm³/mol. The summed E-state index contributed by atoms with van der Waals surface area (Å²) in [5, 5.41) is 1.00. The van der Waals surface area contributed by atoms with Crippen molar-refractivity contribution in [3.63, 3.8) is 0 Å². The summed E-state index contributed by atoms with van der Waals surface area (Å²) in [6.07, 6.45) is 9.01. The average molecular weight is 556 g/mol. The lowest BCUT2D eigenvalue weighted by atomic mass is 9.97. The van der Waals surface area contributed by atoms with Gasteiger partial charge in [-0.15, -0.1) is 6.42 Å². The number of thiazole rings is 1. The van der Waals surface area contributed by atoms with E-state index < -0.39 is 12.0 Å². The Hall–Kier alpha value is -4.55. The SMILES string of the molecule is C#CCn1c(C)c(/C=c2/sc3n(c2=O)[C@@H](c2ccc(OCC)c(OCC)c2)C(C(=O)OC)=CN=3)c2ccccc21. The van der Waals surface area contributed by atoms with Crippen LogP contribution in [-0.4, -0.2) is 35.4 Å². The molecule has 8 nitrogen and oxygen atoms in total. The van der Waals surface area contributed by atoms with Gasteiger partial charge in [0.05, 0.1) is 43.0 Å². The fourth-order valence-electron chi connectivity index (χ4n) is 5.05. The molecule has 0 unspecified atom stereocenters. The van der Waals surface area contributed by atoms with Crippen molar-refractivity contribution in [1.29, 1.82) is 0 Å². The number of carbonyl (C=O) groups excluding carboxylic acids is 1. The molecule has 0 bridgehead atoms. The number of hydrogen-bond donors (Lipinski definition) is 0. The van der Waals surface area contributed by atoms with Crippen LogP contribution in [0.3, 0.4) is 0 Å². The third kappa shape index (κ3) is 4.61. The van der Waals surface area contributed by atoms with Crippen LogP contribution >= 0.6 is 11.3 Å². The molecule has 0 spiro atoms. The van der Waals surface area contributed by atoms with E-state index in [1.54, 1.807) is 16.7 Å². The lowest BCUT2D eigenvalue weighted by Gasteiger charge is -2.23. The maximum Gasteiger partial charge on any atom is 0.337 e. The number of esters is 1. The second-order valence-corrected chi connectivity index (χ2v) is 10.1. The molecule has 0 saturated heterocycles. The minimum atomic E-state index is -0.760. The van der Waals surface area contributed by atoms with Gasteiger partial charge in [-0.2, -0.15) is 0 Å². The minimum Gasteiger partial charge on any atom is -0.490 e. The van der Waals surface area contributed by atoms with Crippen LogP contribution < -0.4 is 24.4 Å². The van der Waals surface area contributed by atoms with E-state index in [2.05, 4.69) is 15.5 Å². The van der Waals surface area contributed by atoms with Gasteiger partial charge in [-0.1, -0.05) is 41.5 Å². The molecule has 0 fully saturated rings. The van der Waals surface area contributed by atoms with Crippen molar-refractivity contribution in [2.75, 3.05) is 20.3 Å². The van der Waals surface area contributed by atoms with Crippen molar-refractivity contribution in [3.8, 4) is 23.8 Å². The number of para-hydroxylation sites is 1. The van der Waals surface area contributed by atoms with E-state index in [0.717, 1.165) is 22.2 Å². The maximum absolute atomic E-state index is 14.0. The number of nitrogens with zero attached hydrogens (tertiary/aromatic N) is 3. The highest BCUT2D eigenvalue weighted by atomic mass is 32.1. The first kappa shape index (κ1) is 27.0. The van der Waals surface area contributed by atoms with Gasteiger partial charge in [-0.25, -0.2) is 9.79 Å². The monoisotopic (exact) mass is 555 g/mol. The van der Waals surface area contributed by atoms with Crippen LogP contribution in [0.15, 0.2) is 64.0 Å². The van der Waals surface area contributed by atoms with Crippen molar-refractivity contribution in [2.45, 2.75) is 33.4 Å². The van der Waals surface area contributed by atoms with Crippen LogP contribution in [-0.2, 0) is 16.1 Å². The zero-order chi connectivity index (χ0) is 28.4. The van der Waals surface area contributed by atoms with E-state index in [4.69, 9.17) is 20.6 Å². The van der Waals surface area contributed by atoms with E-state index in [9.17, 15) is 9.59 Å². The standard InChI is InChI=1S/C31H29N3O5S/c1-6-15-33-19(4)22(21-11-9-10-12-24(21)33)17-27-29(35)34-28(23(30(36)37-5)18-32-31(34)40-27)20-13-14-25(38-7-2)26(16-20)39-8-3/h1,9-14,16-18,28H,7-8,15H2,2-5H3/b27-17+/t28-/m0/s1. The largest absolute Gasteiger partial charge is 0.490 e. The Morgan fingerprint density at radius 2 is 1.90 bits per heavy atom. The lowest BCUT2D eigenvalue weighted by molar-refractivity contribution is -0.136. The van der Waals surface area contributed by atoms with Crippen molar-refractivity contribution in [3.05, 3.63) is 90.7 Å². The molecular weight excluding hydrogens is 526 g/mol. The van der Waals surface area contributed by atoms with Crippen LogP contribution in [0.25, 0.3) is 17.0 Å². The number of ether oxygens (including phenoxy) is 3. The Morgan fingerprint density at radius 3 is 2.62 bits per heavy atom. The highest BCUT2D eigenvalue weighted by molar-refractivity contribution is 7.07. The van der Waals surface area contributed by atoms with Gasteiger partial charge in [0.2, 0.25) is 0 Å². The van der Waals surface area contributed by atoms with E-state index >= 15 is 0 Å². The Labute approximate surface area is 235 Å². The van der Waals surface area contributed by atoms with E-state index in [-0.39, 0.29) is 11.1 Å². The number of rotatable bonds is 8. The Morgan fingerprint density at radius 1 is 1.15 bits per heavy atom. The van der Waals surface area contributed by atoms with Crippen molar-refractivity contribution in [1.82, 2.24) is 9.13 Å². The molecule has 1 aliphatic heterocycles. The summed E-state index contributed by atoms with van der Waals surface area (Å²) in [7, 11) is 1.31. The molecule has 1 atom stereocenters. The number of carbonyl (C=O) groups is 1. The summed E-state index contributed by atoms with van der Waals surface area (Å²) in [4.78, 5) is 31.8. The minimum absolute atomic E-state index is 0.245. The molecular formula is C31H29N3O5S. The van der Waals surface area contributed by atoms with Crippen LogP contribution in [0, 0.1) is 19.3 Å². The summed E-state index contributed by atoms with van der Waals surface area (Å²) >= 11 is 1.27. The second-order valence-electron chi connectivity index (χ2n) is 9.05. The Kier molecular flexibility index (Phi) is 7.63. The summed E-state index contributed by atoms with van der Waals surface area (Å²) in [5.74, 6) is 3.27. The first-order valence-corrected chi connectivity index (χ1v) is 13.7. The molecule has 5 rings (SSSR count). The normalized spacial score (nSPS) is 14.7. The van der Waals surface area contributed by atoms with Crippen molar-refractivity contribution in [2.24, 2.45) is 4.99 Å². The van der Waals surface area contributed by atoms with Gasteiger partial charge < -0.3 is 18.8 Å². The van der Waals surface area contributed by atoms with Gasteiger partial charge in [0.25, 0.3) is 5.56 Å². The summed E-state index contributed by atoms with van der Waals surface area (Å²) in [5.41, 5.74) is 3.54. The predicted octanol–water partition coefficient (Wildman–Crippen LogP) is 3.71. The number of terminal acetylenes is 1. The van der Waals surface area contributed by atoms with E-state index in [1.165, 1.54) is 24.6 Å². The number of methoxy groups -OCH3 is 1. The van der Waals surface area contributed by atoms with Crippen LogP contribution in [0.5, 0.6) is 11.5 Å². The number of hydrogen-bond acceptors (Lipinski definition) is 7. The molecule has 1 aliphatic rings. The van der Waals surface area contributed by atoms with Gasteiger partial charge in [-0.3, -0.25) is 9.36 Å². The van der Waals surface area contributed by atoms with E-state index in [1.807, 2.05) is 57.2 Å². The number of benzene rings is 2. The lowest BCUT2D eigenvalue weighted by Crippen LogP contribution is -2.39. The van der Waals surface area contributed by atoms with Crippen LogP contribution in [0.4, 0.5) is 0 Å². The van der Waals surface area contributed by atoms with Gasteiger partial charge in [-0.05, 0) is 50.6 Å². The maximum atomic E-state index is 14.0. The topological polar surface area (TPSA) is 84.0 Å². The molecule has 0 saturated carbocycles. The molecule has 0 aliphatic carbocycles. The second kappa shape index (κ2) is 11.3. The van der Waals surface area contributed by atoms with Gasteiger partial charge in [0, 0.05) is 28.4 Å². The molecule has 0 N–H and O–H groups in total. The smallest absolute Gasteiger partial charge is 0.337 e. The number of fused-ring (bicyclic) bond motifs is 2. The highest BCUT2D eigenvalue weighted by Gasteiger charge is 2.31. The Bertz CT molecular complexity index is 1870. The summed E-state index contributed by atoms with van der Waals surface area (Å²) < 4.78 is 20.7. The molecule has 2 aromatic carbocycles. The van der Waals surface area contributed by atoms with Gasteiger partial charge in [0.15, 0.2) is 16.3 Å². The Balaban J connectivity index is 1.73. The molecule has 9 heteroatoms. The molecule has 0 radical (unpaired) electrons.